The van der Waals surface area contributed by atoms with Crippen LogP contribution in [-0.2, 0) is 10.0 Å². The van der Waals surface area contributed by atoms with Crippen LogP contribution in [0.5, 0.6) is 0 Å². The molecule has 0 saturated carbocycles. The molecule has 1 unspecified atom stereocenters. The standard InChI is InChI=1S/C11H12N4O2S3/c1-7(11-13-4-5-19-11)15-20(16,17)8-2-3-9(10(12)18)14-6-8/h2-7,15H,1H3,(H2,12,18). The minimum absolute atomic E-state index is 0.0564. The summed E-state index contributed by atoms with van der Waals surface area (Å²) in [6.07, 6.45) is 2.86. The van der Waals surface area contributed by atoms with Gasteiger partial charge in [-0.25, -0.2) is 18.1 Å². The van der Waals surface area contributed by atoms with E-state index in [1.165, 1.54) is 29.7 Å². The van der Waals surface area contributed by atoms with Crippen molar-refractivity contribution in [2.45, 2.75) is 17.9 Å². The van der Waals surface area contributed by atoms with Gasteiger partial charge >= 0.3 is 0 Å². The van der Waals surface area contributed by atoms with Crippen LogP contribution in [0.1, 0.15) is 23.7 Å². The normalized spacial score (nSPS) is 13.1. The average Bonchev–Trinajstić information content (AvgIpc) is 2.92. The van der Waals surface area contributed by atoms with Crippen LogP contribution in [0.3, 0.4) is 0 Å². The van der Waals surface area contributed by atoms with Gasteiger partial charge in [0, 0.05) is 17.8 Å². The Bertz CT molecular complexity index is 696. The molecule has 0 saturated heterocycles. The second-order valence-electron chi connectivity index (χ2n) is 3.96. The molecule has 0 amide bonds. The van der Waals surface area contributed by atoms with E-state index in [1.807, 2.05) is 0 Å². The van der Waals surface area contributed by atoms with Gasteiger partial charge in [-0.05, 0) is 19.1 Å². The Labute approximate surface area is 126 Å². The highest BCUT2D eigenvalue weighted by Gasteiger charge is 2.20. The van der Waals surface area contributed by atoms with Crippen LogP contribution < -0.4 is 10.5 Å². The summed E-state index contributed by atoms with van der Waals surface area (Å²) < 4.78 is 26.9. The third-order valence-electron chi connectivity index (χ3n) is 2.45. The number of rotatable bonds is 5. The summed E-state index contributed by atoms with van der Waals surface area (Å²) >= 11 is 6.15. The molecule has 0 bridgehead atoms. The largest absolute Gasteiger partial charge is 0.388 e. The molecule has 0 spiro atoms. The van der Waals surface area contributed by atoms with Gasteiger partial charge in [0.05, 0.1) is 11.7 Å². The average molecular weight is 328 g/mol. The fraction of sp³-hybridized carbons (Fsp3) is 0.182. The summed E-state index contributed by atoms with van der Waals surface area (Å²) in [6.45, 7) is 1.73. The summed E-state index contributed by atoms with van der Waals surface area (Å²) in [6, 6.07) is 2.49. The van der Waals surface area contributed by atoms with E-state index in [0.29, 0.717) is 10.7 Å². The Balaban J connectivity index is 2.20. The molecular weight excluding hydrogens is 316 g/mol. The second kappa shape index (κ2) is 5.92. The lowest BCUT2D eigenvalue weighted by atomic mass is 10.3. The van der Waals surface area contributed by atoms with Gasteiger partial charge in [-0.1, -0.05) is 12.2 Å². The molecule has 3 N–H and O–H groups in total. The zero-order valence-electron chi connectivity index (χ0n) is 10.5. The van der Waals surface area contributed by atoms with Crippen LogP contribution in [0.2, 0.25) is 0 Å². The molecule has 0 aromatic carbocycles. The van der Waals surface area contributed by atoms with Gasteiger partial charge in [0.15, 0.2) is 0 Å². The van der Waals surface area contributed by atoms with Gasteiger partial charge in [0.2, 0.25) is 10.0 Å². The van der Waals surface area contributed by atoms with Gasteiger partial charge < -0.3 is 5.73 Å². The first-order valence-corrected chi connectivity index (χ1v) is 8.35. The van der Waals surface area contributed by atoms with Crippen LogP contribution in [0.15, 0.2) is 34.8 Å². The molecule has 20 heavy (non-hydrogen) atoms. The first-order chi connectivity index (χ1) is 9.40. The molecule has 6 nitrogen and oxygen atoms in total. The Morgan fingerprint density at radius 3 is 2.70 bits per heavy atom. The highest BCUT2D eigenvalue weighted by molar-refractivity contribution is 7.89. The smallest absolute Gasteiger partial charge is 0.242 e. The summed E-state index contributed by atoms with van der Waals surface area (Å²) in [4.78, 5) is 8.17. The Morgan fingerprint density at radius 2 is 2.20 bits per heavy atom. The summed E-state index contributed by atoms with van der Waals surface area (Å²) in [5.41, 5.74) is 5.80. The topological polar surface area (TPSA) is 98.0 Å². The van der Waals surface area contributed by atoms with Gasteiger partial charge in [-0.3, -0.25) is 4.98 Å². The SMILES string of the molecule is CC(NS(=O)(=O)c1ccc(C(N)=S)nc1)c1nccs1. The zero-order valence-corrected chi connectivity index (χ0v) is 12.9. The van der Waals surface area contributed by atoms with Crippen molar-refractivity contribution in [1.29, 1.82) is 0 Å². The van der Waals surface area contributed by atoms with Gasteiger partial charge in [-0.15, -0.1) is 11.3 Å². The molecule has 0 fully saturated rings. The first kappa shape index (κ1) is 15.0. The minimum atomic E-state index is -3.66. The fourth-order valence-electron chi connectivity index (χ4n) is 1.48. The molecule has 0 aliphatic rings. The van der Waals surface area contributed by atoms with Crippen LogP contribution >= 0.6 is 23.6 Å². The molecule has 0 aliphatic carbocycles. The predicted octanol–water partition coefficient (Wildman–Crippen LogP) is 1.21. The zero-order chi connectivity index (χ0) is 14.8. The van der Waals surface area contributed by atoms with E-state index in [4.69, 9.17) is 18.0 Å². The van der Waals surface area contributed by atoms with Gasteiger partial charge in [0.1, 0.15) is 14.9 Å². The maximum Gasteiger partial charge on any atom is 0.242 e. The third kappa shape index (κ3) is 3.37. The van der Waals surface area contributed by atoms with E-state index in [9.17, 15) is 8.42 Å². The Morgan fingerprint density at radius 1 is 1.45 bits per heavy atom. The first-order valence-electron chi connectivity index (χ1n) is 5.58. The van der Waals surface area contributed by atoms with Crippen LogP contribution in [0, 0.1) is 0 Å². The van der Waals surface area contributed by atoms with E-state index in [2.05, 4.69) is 14.7 Å². The van der Waals surface area contributed by atoms with Crippen molar-refractivity contribution in [3.63, 3.8) is 0 Å². The molecule has 2 aromatic heterocycles. The molecule has 2 heterocycles. The lowest BCUT2D eigenvalue weighted by Gasteiger charge is -2.11. The molecule has 2 rings (SSSR count). The van der Waals surface area contributed by atoms with Crippen molar-refractivity contribution in [2.75, 3.05) is 0 Å². The van der Waals surface area contributed by atoms with Crippen molar-refractivity contribution in [3.8, 4) is 0 Å². The van der Waals surface area contributed by atoms with Gasteiger partial charge in [0.25, 0.3) is 0 Å². The number of hydrogen-bond acceptors (Lipinski definition) is 6. The van der Waals surface area contributed by atoms with Crippen molar-refractivity contribution in [2.24, 2.45) is 5.73 Å². The maximum absolute atomic E-state index is 12.2. The summed E-state index contributed by atoms with van der Waals surface area (Å²) in [5.74, 6) is 0. The van der Waals surface area contributed by atoms with Crippen molar-refractivity contribution < 1.29 is 8.42 Å². The number of nitrogens with two attached hydrogens (primary N) is 1. The Kier molecular flexibility index (Phi) is 4.43. The fourth-order valence-corrected chi connectivity index (χ4v) is 3.48. The summed E-state index contributed by atoms with van der Waals surface area (Å²) in [7, 11) is -3.66. The highest BCUT2D eigenvalue weighted by atomic mass is 32.2. The van der Waals surface area contributed by atoms with Crippen LogP contribution in [0.4, 0.5) is 0 Å². The monoisotopic (exact) mass is 328 g/mol. The number of thiocarbonyl (C=S) groups is 1. The second-order valence-corrected chi connectivity index (χ2v) is 7.04. The molecule has 0 aliphatic heterocycles. The van der Waals surface area contributed by atoms with Crippen molar-refractivity contribution >= 4 is 38.6 Å². The molecule has 106 valence electrons. The predicted molar refractivity (Wildman–Crippen MR) is 81.0 cm³/mol. The van der Waals surface area contributed by atoms with Gasteiger partial charge in [-0.2, -0.15) is 0 Å². The van der Waals surface area contributed by atoms with Crippen molar-refractivity contribution in [1.82, 2.24) is 14.7 Å². The van der Waals surface area contributed by atoms with E-state index in [0.717, 1.165) is 0 Å². The number of aromatic nitrogens is 2. The van der Waals surface area contributed by atoms with Crippen molar-refractivity contribution in [3.05, 3.63) is 40.6 Å². The molecular formula is C11H12N4O2S3. The van der Waals surface area contributed by atoms with E-state index in [1.54, 1.807) is 18.5 Å². The minimum Gasteiger partial charge on any atom is -0.388 e. The van der Waals surface area contributed by atoms with Crippen LogP contribution in [-0.4, -0.2) is 23.4 Å². The molecule has 0 radical (unpaired) electrons. The quantitative estimate of drug-likeness (QED) is 0.801. The summed E-state index contributed by atoms with van der Waals surface area (Å²) in [5, 5.41) is 2.49. The lowest BCUT2D eigenvalue weighted by molar-refractivity contribution is 0.566. The lowest BCUT2D eigenvalue weighted by Crippen LogP contribution is -2.27. The number of nitrogens with one attached hydrogen (secondary N) is 1. The van der Waals surface area contributed by atoms with E-state index in [-0.39, 0.29) is 9.88 Å². The number of sulfonamides is 1. The number of pyridine rings is 1. The maximum atomic E-state index is 12.2. The highest BCUT2D eigenvalue weighted by Crippen LogP contribution is 2.18. The van der Waals surface area contributed by atoms with E-state index >= 15 is 0 Å². The third-order valence-corrected chi connectivity index (χ3v) is 5.15. The molecule has 9 heteroatoms. The number of thiazole rings is 1. The molecule has 1 atom stereocenters. The molecule has 2 aromatic rings. The number of nitrogens with zero attached hydrogens (tertiary/aromatic N) is 2. The van der Waals surface area contributed by atoms with Crippen LogP contribution in [0.25, 0.3) is 0 Å². The van der Waals surface area contributed by atoms with E-state index < -0.39 is 16.1 Å². The Hall–Kier alpha value is -1.42. The number of hydrogen-bond donors (Lipinski definition) is 2.